The zero-order valence-electron chi connectivity index (χ0n) is 51.3. The summed E-state index contributed by atoms with van der Waals surface area (Å²) in [7, 11) is 0. The number of unbranched alkanes of at least 4 members (excludes halogenated alkanes) is 1. The predicted molar refractivity (Wildman–Crippen MR) is 375 cm³/mol. The van der Waals surface area contributed by atoms with E-state index in [0.29, 0.717) is 0 Å². The zero-order chi connectivity index (χ0) is 59.5. The van der Waals surface area contributed by atoms with Crippen LogP contribution in [0.1, 0.15) is 158 Å². The van der Waals surface area contributed by atoms with Gasteiger partial charge >= 0.3 is 0 Å². The summed E-state index contributed by atoms with van der Waals surface area (Å²) in [5.74, 6) is 0. The standard InChI is InChI=1S/C23H22.C22H20.C15H20.C14H18.C11H14/c1-2-3-6-11-19-16-17-22(18-19)23(20-12-7-4-8-13-20)21-14-9-5-10-15-21;1-2-3-10-18-15-16-21(17-18)22(19-11-6-4-7-12-19)20-13-8-5-9-14-20;1-2-3-7-13-10-11-15(12-13)14-8-5-4-6-9-14;1-2-3-6-12-9-10-14(11-12)13-7-4-5-8-13;1-3-4-7-10(2)11-8-5-6-9-11/h2,4-5,7-10,12-18H,1,3,6,11H2;2,4-9,11-17H,1,3,10H2;2,10-12H,1,3-9H2;2,9-11H,1,3-8H2;3,5-6,8-9H,1,4,7H2,2H3. The molecule has 0 aromatic heterocycles. The Bertz CT molecular complexity index is 3230. The first kappa shape index (κ1) is 64.2. The fourth-order valence-electron chi connectivity index (χ4n) is 11.5. The Kier molecular flexibility index (Phi) is 28.0. The fraction of sp³-hybridized carbons (Fsp3) is 0.247. The first-order valence-electron chi connectivity index (χ1n) is 31.7. The molecule has 0 atom stereocenters. The van der Waals surface area contributed by atoms with Crippen LogP contribution in [0.25, 0.3) is 11.1 Å². The maximum atomic E-state index is 3.81. The molecule has 0 amide bonds. The normalized spacial score (nSPS) is 15.8. The molecule has 0 heterocycles. The first-order valence-corrected chi connectivity index (χ1v) is 31.7. The molecule has 0 nitrogen and oxygen atoms in total. The van der Waals surface area contributed by atoms with Crippen molar-refractivity contribution in [1.82, 2.24) is 0 Å². The quantitative estimate of drug-likeness (QED) is 0.0611. The van der Waals surface area contributed by atoms with Gasteiger partial charge in [0.1, 0.15) is 0 Å². The highest BCUT2D eigenvalue weighted by Gasteiger charge is 2.16. The Labute approximate surface area is 514 Å². The average Bonchev–Trinajstić information content (AvgIpc) is 4.61. The summed E-state index contributed by atoms with van der Waals surface area (Å²) >= 11 is 0. The van der Waals surface area contributed by atoms with Crippen molar-refractivity contribution in [3.63, 3.8) is 0 Å². The van der Waals surface area contributed by atoms with E-state index in [9.17, 15) is 0 Å². The lowest BCUT2D eigenvalue weighted by Crippen LogP contribution is -1.95. The maximum absolute atomic E-state index is 3.81. The van der Waals surface area contributed by atoms with Crippen LogP contribution in [0.2, 0.25) is 0 Å². The molecule has 11 rings (SSSR count). The number of benzene rings is 4. The third-order valence-electron chi connectivity index (χ3n) is 16.2. The lowest BCUT2D eigenvalue weighted by Gasteiger charge is -2.15. The molecule has 0 unspecified atom stereocenters. The number of hydrogen-bond donors (Lipinski definition) is 0. The van der Waals surface area contributed by atoms with Crippen molar-refractivity contribution in [2.75, 3.05) is 0 Å². The van der Waals surface area contributed by atoms with Crippen molar-refractivity contribution in [1.29, 1.82) is 0 Å². The van der Waals surface area contributed by atoms with E-state index in [-0.39, 0.29) is 0 Å². The predicted octanol–water partition coefficient (Wildman–Crippen LogP) is 24.7. The Balaban J connectivity index is 0.000000156. The highest BCUT2D eigenvalue weighted by Crippen LogP contribution is 2.36. The van der Waals surface area contributed by atoms with Gasteiger partial charge in [-0.1, -0.05) is 272 Å². The summed E-state index contributed by atoms with van der Waals surface area (Å²) in [6, 6.07) is 42.5. The van der Waals surface area contributed by atoms with Gasteiger partial charge in [0.15, 0.2) is 0 Å². The summed E-state index contributed by atoms with van der Waals surface area (Å²) in [5, 5.41) is 0. The van der Waals surface area contributed by atoms with Gasteiger partial charge in [0.2, 0.25) is 0 Å². The van der Waals surface area contributed by atoms with Gasteiger partial charge in [-0.25, -0.2) is 0 Å². The molecule has 434 valence electrons. The summed E-state index contributed by atoms with van der Waals surface area (Å²) in [6.45, 7) is 21.0. The van der Waals surface area contributed by atoms with Crippen LogP contribution >= 0.6 is 0 Å². The van der Waals surface area contributed by atoms with Gasteiger partial charge in [-0.2, -0.15) is 0 Å². The minimum Gasteiger partial charge on any atom is -0.103 e. The van der Waals surface area contributed by atoms with Gasteiger partial charge in [-0.15, -0.1) is 32.9 Å². The SMILES string of the molecule is C=CCCC(C)=C1C=CC=C1.C=CCCC1=CC(=C(c2ccccc2)c2ccccc2)C=C1.C=CCCC1=CC(=C2CCCC2)C=C1.C=CCCC1=CC(=C2CCCCC2)C=C1.C=CCCCC1=CC(=C(c2ccccc2)c2ccccc2)C=C1. The molecule has 0 spiro atoms. The molecule has 0 heteroatoms. The molecule has 7 aliphatic carbocycles. The van der Waals surface area contributed by atoms with Crippen LogP contribution in [-0.4, -0.2) is 0 Å². The Morgan fingerprint density at radius 1 is 0.341 bits per heavy atom. The van der Waals surface area contributed by atoms with Crippen molar-refractivity contribution < 1.29 is 0 Å². The highest BCUT2D eigenvalue weighted by molar-refractivity contribution is 5.87. The van der Waals surface area contributed by atoms with E-state index in [1.54, 1.807) is 11.1 Å². The molecule has 4 aromatic rings. The van der Waals surface area contributed by atoms with E-state index in [4.69, 9.17) is 0 Å². The summed E-state index contributed by atoms with van der Waals surface area (Å²) in [4.78, 5) is 0. The molecule has 85 heavy (non-hydrogen) atoms. The lowest BCUT2D eigenvalue weighted by molar-refractivity contribution is 0.596. The minimum atomic E-state index is 1.02. The van der Waals surface area contributed by atoms with Gasteiger partial charge < -0.3 is 0 Å². The van der Waals surface area contributed by atoms with E-state index >= 15 is 0 Å². The first-order chi connectivity index (χ1) is 41.9. The van der Waals surface area contributed by atoms with E-state index in [1.165, 1.54) is 153 Å². The summed E-state index contributed by atoms with van der Waals surface area (Å²) in [5.41, 5.74) is 25.2. The Morgan fingerprint density at radius 3 is 1.06 bits per heavy atom. The van der Waals surface area contributed by atoms with Crippen LogP contribution in [0.5, 0.6) is 0 Å². The van der Waals surface area contributed by atoms with Crippen molar-refractivity contribution in [3.8, 4) is 0 Å². The molecular weight excluding hydrogens is 1020 g/mol. The zero-order valence-corrected chi connectivity index (χ0v) is 51.3. The third kappa shape index (κ3) is 21.4. The Morgan fingerprint density at radius 2 is 0.682 bits per heavy atom. The van der Waals surface area contributed by atoms with Crippen LogP contribution in [0, 0.1) is 0 Å². The second-order valence-corrected chi connectivity index (χ2v) is 22.7. The van der Waals surface area contributed by atoms with E-state index in [2.05, 4.69) is 258 Å². The van der Waals surface area contributed by atoms with Gasteiger partial charge in [0.05, 0.1) is 0 Å². The monoisotopic (exact) mass is 1110 g/mol. The molecular formula is C85H94. The van der Waals surface area contributed by atoms with Crippen molar-refractivity contribution in [2.24, 2.45) is 0 Å². The maximum Gasteiger partial charge on any atom is -0.00388 e. The van der Waals surface area contributed by atoms with Crippen LogP contribution in [0.4, 0.5) is 0 Å². The average molecular weight is 1120 g/mol. The second kappa shape index (κ2) is 37.1. The molecule has 2 saturated carbocycles. The molecule has 4 aromatic carbocycles. The van der Waals surface area contributed by atoms with Crippen LogP contribution in [0.15, 0.2) is 349 Å². The van der Waals surface area contributed by atoms with Gasteiger partial charge in [0.25, 0.3) is 0 Å². The van der Waals surface area contributed by atoms with Crippen molar-refractivity contribution in [2.45, 2.75) is 135 Å². The van der Waals surface area contributed by atoms with Crippen molar-refractivity contribution >= 4 is 11.1 Å². The number of rotatable bonds is 20. The summed E-state index contributed by atoms with van der Waals surface area (Å²) < 4.78 is 0. The van der Waals surface area contributed by atoms with Crippen LogP contribution < -0.4 is 0 Å². The minimum absolute atomic E-state index is 1.02. The number of hydrogen-bond acceptors (Lipinski definition) is 0. The number of allylic oxidation sites excluding steroid dienone is 33. The molecule has 0 N–H and O–H groups in total. The van der Waals surface area contributed by atoms with E-state index < -0.39 is 0 Å². The molecule has 2 fully saturated rings. The van der Waals surface area contributed by atoms with Gasteiger partial charge in [0, 0.05) is 0 Å². The van der Waals surface area contributed by atoms with Gasteiger partial charge in [-0.3, -0.25) is 0 Å². The largest absolute Gasteiger partial charge is 0.103 e. The smallest absolute Gasteiger partial charge is 0.00388 e. The highest BCUT2D eigenvalue weighted by atomic mass is 14.2. The Hall–Kier alpha value is -8.32. The topological polar surface area (TPSA) is 0 Å². The fourth-order valence-corrected chi connectivity index (χ4v) is 11.5. The third-order valence-corrected chi connectivity index (χ3v) is 16.2. The van der Waals surface area contributed by atoms with Crippen molar-refractivity contribution in [3.05, 3.63) is 371 Å². The van der Waals surface area contributed by atoms with Crippen LogP contribution in [-0.2, 0) is 0 Å². The molecule has 0 aliphatic heterocycles. The molecule has 7 aliphatic rings. The van der Waals surface area contributed by atoms with E-state index in [0.717, 1.165) is 64.2 Å². The van der Waals surface area contributed by atoms with Crippen LogP contribution in [0.3, 0.4) is 0 Å². The van der Waals surface area contributed by atoms with E-state index in [1.807, 2.05) is 30.4 Å². The molecule has 0 bridgehead atoms. The lowest BCUT2D eigenvalue weighted by atomic mass is 9.91. The second-order valence-electron chi connectivity index (χ2n) is 22.7. The van der Waals surface area contributed by atoms with Gasteiger partial charge in [-0.05, 0) is 212 Å². The summed E-state index contributed by atoms with van der Waals surface area (Å²) in [6.07, 6.45) is 70.3. The molecule has 0 saturated heterocycles. The molecule has 0 radical (unpaired) electrons.